The number of benzene rings is 1. The molecule has 1 N–H and O–H groups in total. The Labute approximate surface area is 130 Å². The molecule has 0 heterocycles. The summed E-state index contributed by atoms with van der Waals surface area (Å²) in [6.07, 6.45) is 0. The Balaban J connectivity index is -0.0000000514. The van der Waals surface area contributed by atoms with Crippen molar-refractivity contribution in [2.24, 2.45) is 5.41 Å². The first-order valence-electron chi connectivity index (χ1n) is 8.13. The van der Waals surface area contributed by atoms with Gasteiger partial charge >= 0.3 is 0 Å². The monoisotopic (exact) mass is 286 g/mol. The number of hydrogen-bond donors (Lipinski definition) is 1. The van der Waals surface area contributed by atoms with Gasteiger partial charge in [0.05, 0.1) is 0 Å². The van der Waals surface area contributed by atoms with E-state index in [1.807, 2.05) is 61.5 Å². The molecular formula is C19H42O. The molecule has 20 heavy (non-hydrogen) atoms. The zero-order valence-electron chi connectivity index (χ0n) is 16.3. The van der Waals surface area contributed by atoms with Crippen molar-refractivity contribution in [3.63, 3.8) is 0 Å². The molecule has 1 heteroatoms. The number of rotatable bonds is 0. The molecule has 1 aromatic rings. The van der Waals surface area contributed by atoms with Gasteiger partial charge in [0, 0.05) is 0 Å². The number of phenols is 1. The van der Waals surface area contributed by atoms with Crippen LogP contribution in [0.5, 0.6) is 5.75 Å². The first-order chi connectivity index (χ1) is 9.39. The van der Waals surface area contributed by atoms with E-state index in [1.54, 1.807) is 24.3 Å². The van der Waals surface area contributed by atoms with Gasteiger partial charge in [0.2, 0.25) is 0 Å². The molecule has 0 bridgehead atoms. The second kappa shape index (κ2) is 30.8. The minimum Gasteiger partial charge on any atom is -0.508 e. The topological polar surface area (TPSA) is 20.2 Å². The lowest BCUT2D eigenvalue weighted by atomic mass is 10.0. The molecule has 0 saturated carbocycles. The predicted octanol–water partition coefficient (Wildman–Crippen LogP) is 7.55. The van der Waals surface area contributed by atoms with E-state index in [0.29, 0.717) is 11.2 Å². The summed E-state index contributed by atoms with van der Waals surface area (Å²) in [4.78, 5) is 0. The summed E-state index contributed by atoms with van der Waals surface area (Å²) in [7, 11) is 0. The number of hydrogen-bond acceptors (Lipinski definition) is 1. The first-order valence-corrected chi connectivity index (χ1v) is 8.13. The van der Waals surface area contributed by atoms with Crippen LogP contribution in [0.1, 0.15) is 83.1 Å². The minimum absolute atomic E-state index is 0.322. The van der Waals surface area contributed by atoms with Gasteiger partial charge in [-0.15, -0.1) is 0 Å². The predicted molar refractivity (Wildman–Crippen MR) is 98.6 cm³/mol. The van der Waals surface area contributed by atoms with Crippen molar-refractivity contribution in [3.8, 4) is 5.75 Å². The molecule has 0 aliphatic rings. The van der Waals surface area contributed by atoms with Crippen LogP contribution in [0, 0.1) is 5.41 Å². The van der Waals surface area contributed by atoms with E-state index in [9.17, 15) is 0 Å². The van der Waals surface area contributed by atoms with Gasteiger partial charge < -0.3 is 5.11 Å². The molecule has 0 aromatic heterocycles. The molecule has 1 aromatic carbocycles. The fraction of sp³-hybridized carbons (Fsp3) is 0.684. The van der Waals surface area contributed by atoms with Crippen LogP contribution in [0.4, 0.5) is 0 Å². The Kier molecular flexibility index (Phi) is 48.4. The molecule has 0 saturated heterocycles. The van der Waals surface area contributed by atoms with Gasteiger partial charge in [-0.05, 0) is 17.5 Å². The summed E-state index contributed by atoms with van der Waals surface area (Å²) in [5, 5.41) is 8.63. The van der Waals surface area contributed by atoms with Crippen LogP contribution in [-0.4, -0.2) is 5.11 Å². The second-order valence-electron chi connectivity index (χ2n) is 4.34. The smallest absolute Gasteiger partial charge is 0.115 e. The van der Waals surface area contributed by atoms with E-state index in [1.165, 1.54) is 0 Å². The molecule has 0 aliphatic heterocycles. The first kappa shape index (κ1) is 31.4. The van der Waals surface area contributed by atoms with Crippen LogP contribution in [0.25, 0.3) is 0 Å². The molecule has 0 fully saturated rings. The molecule has 0 atom stereocenters. The quantitative estimate of drug-likeness (QED) is 0.522. The van der Waals surface area contributed by atoms with E-state index in [-0.39, 0.29) is 0 Å². The number of para-hydroxylation sites is 1. The largest absolute Gasteiger partial charge is 0.508 e. The van der Waals surface area contributed by atoms with Crippen LogP contribution >= 0.6 is 0 Å². The van der Waals surface area contributed by atoms with Crippen molar-refractivity contribution in [2.45, 2.75) is 83.1 Å². The van der Waals surface area contributed by atoms with E-state index in [2.05, 4.69) is 27.7 Å². The molecule has 0 amide bonds. The van der Waals surface area contributed by atoms with Gasteiger partial charge in [-0.1, -0.05) is 101 Å². The molecule has 0 unspecified atom stereocenters. The Hall–Kier alpha value is -0.980. The highest BCUT2D eigenvalue weighted by Gasteiger charge is 1.95. The fourth-order valence-corrected chi connectivity index (χ4v) is 0.428. The summed E-state index contributed by atoms with van der Waals surface area (Å²) in [5.41, 5.74) is 0.500. The lowest BCUT2D eigenvalue weighted by Crippen LogP contribution is -1.93. The van der Waals surface area contributed by atoms with Crippen molar-refractivity contribution in [1.82, 2.24) is 0 Å². The van der Waals surface area contributed by atoms with Gasteiger partial charge in [0.15, 0.2) is 0 Å². The molecule has 1 rings (SSSR count). The SMILES string of the molecule is CC.CC.CC.CC.CC(C)(C)C.Oc1ccccc1. The van der Waals surface area contributed by atoms with Crippen LogP contribution in [0.3, 0.4) is 0 Å². The molecule has 0 radical (unpaired) electrons. The van der Waals surface area contributed by atoms with E-state index < -0.39 is 0 Å². The summed E-state index contributed by atoms with van der Waals surface area (Å²) in [5.74, 6) is 0.322. The highest BCUT2D eigenvalue weighted by atomic mass is 16.3. The Morgan fingerprint density at radius 1 is 0.600 bits per heavy atom. The summed E-state index contributed by atoms with van der Waals surface area (Å²) < 4.78 is 0. The third kappa shape index (κ3) is 88.6. The summed E-state index contributed by atoms with van der Waals surface area (Å²) >= 11 is 0. The Bertz CT molecular complexity index is 191. The van der Waals surface area contributed by atoms with Crippen LogP contribution in [-0.2, 0) is 0 Å². The summed E-state index contributed by atoms with van der Waals surface area (Å²) in [6, 6.07) is 8.71. The third-order valence-electron chi connectivity index (χ3n) is 0.756. The molecule has 0 aliphatic carbocycles. The molecule has 1 nitrogen and oxygen atoms in total. The maximum absolute atomic E-state index is 8.63. The standard InChI is InChI=1S/C6H6O.C5H12.4C2H6/c7-6-4-2-1-3-5-6;1-5(2,3)4;4*1-2/h1-5,7H;1-4H3;4*1-2H3. The minimum atomic E-state index is 0.322. The second-order valence-corrected chi connectivity index (χ2v) is 4.34. The van der Waals surface area contributed by atoms with Gasteiger partial charge in [-0.3, -0.25) is 0 Å². The zero-order chi connectivity index (χ0) is 17.6. The van der Waals surface area contributed by atoms with Gasteiger partial charge in [0.25, 0.3) is 0 Å². The van der Waals surface area contributed by atoms with Crippen molar-refractivity contribution >= 4 is 0 Å². The van der Waals surface area contributed by atoms with Crippen LogP contribution in [0.15, 0.2) is 30.3 Å². The average molecular weight is 287 g/mol. The summed E-state index contributed by atoms with van der Waals surface area (Å²) in [6.45, 7) is 24.8. The van der Waals surface area contributed by atoms with Gasteiger partial charge in [0.1, 0.15) is 5.75 Å². The number of phenolic OH excluding ortho intramolecular Hbond substituents is 1. The fourth-order valence-electron chi connectivity index (χ4n) is 0.428. The highest BCUT2D eigenvalue weighted by Crippen LogP contribution is 2.08. The van der Waals surface area contributed by atoms with Gasteiger partial charge in [-0.25, -0.2) is 0 Å². The van der Waals surface area contributed by atoms with Crippen molar-refractivity contribution < 1.29 is 5.11 Å². The van der Waals surface area contributed by atoms with E-state index in [0.717, 1.165) is 0 Å². The maximum atomic E-state index is 8.63. The lowest BCUT2D eigenvalue weighted by Gasteiger charge is -2.05. The maximum Gasteiger partial charge on any atom is 0.115 e. The lowest BCUT2D eigenvalue weighted by molar-refractivity contribution is 0.469. The third-order valence-corrected chi connectivity index (χ3v) is 0.756. The van der Waals surface area contributed by atoms with Crippen molar-refractivity contribution in [1.29, 1.82) is 0 Å². The molecular weight excluding hydrogens is 244 g/mol. The van der Waals surface area contributed by atoms with Crippen molar-refractivity contribution in [3.05, 3.63) is 30.3 Å². The highest BCUT2D eigenvalue weighted by molar-refractivity contribution is 5.18. The van der Waals surface area contributed by atoms with Crippen molar-refractivity contribution in [2.75, 3.05) is 0 Å². The molecule has 124 valence electrons. The van der Waals surface area contributed by atoms with E-state index in [4.69, 9.17) is 5.11 Å². The Morgan fingerprint density at radius 2 is 0.800 bits per heavy atom. The number of aromatic hydroxyl groups is 1. The van der Waals surface area contributed by atoms with Crippen LogP contribution in [0.2, 0.25) is 0 Å². The molecule has 0 spiro atoms. The normalized spacial score (nSPS) is 7.20. The van der Waals surface area contributed by atoms with Crippen LogP contribution < -0.4 is 0 Å². The Morgan fingerprint density at radius 3 is 0.900 bits per heavy atom. The zero-order valence-corrected chi connectivity index (χ0v) is 16.3. The van der Waals surface area contributed by atoms with E-state index >= 15 is 0 Å². The van der Waals surface area contributed by atoms with Gasteiger partial charge in [-0.2, -0.15) is 0 Å². The average Bonchev–Trinajstić information content (AvgIpc) is 2.47.